The molecule has 3 rings (SSSR count). The van der Waals surface area contributed by atoms with Gasteiger partial charge in [-0.2, -0.15) is 0 Å². The van der Waals surface area contributed by atoms with Gasteiger partial charge in [0.05, 0.1) is 13.7 Å². The number of nitrogens with zero attached hydrogens (tertiary/aromatic N) is 2. The smallest absolute Gasteiger partial charge is 0.406 e. The lowest BCUT2D eigenvalue weighted by atomic mass is 9.85. The van der Waals surface area contributed by atoms with E-state index in [0.717, 1.165) is 37.4 Å². The van der Waals surface area contributed by atoms with Gasteiger partial charge in [0, 0.05) is 49.7 Å². The van der Waals surface area contributed by atoms with Crippen LogP contribution in [0, 0.1) is 11.8 Å². The third-order valence-corrected chi connectivity index (χ3v) is 7.68. The van der Waals surface area contributed by atoms with Crippen LogP contribution < -0.4 is 16.0 Å². The number of thiazole rings is 1. The fourth-order valence-corrected chi connectivity index (χ4v) is 5.94. The Morgan fingerprint density at radius 1 is 1.24 bits per heavy atom. The Balaban J connectivity index is 1.55. The molecule has 34 heavy (non-hydrogen) atoms. The van der Waals surface area contributed by atoms with E-state index in [2.05, 4.69) is 25.7 Å². The van der Waals surface area contributed by atoms with Crippen LogP contribution in [0.15, 0.2) is 11.6 Å². The summed E-state index contributed by atoms with van der Waals surface area (Å²) in [5.74, 6) is 0.868. The van der Waals surface area contributed by atoms with Crippen LogP contribution in [0.5, 0.6) is 0 Å². The minimum absolute atomic E-state index is 0.0195. The van der Waals surface area contributed by atoms with Crippen LogP contribution in [0.3, 0.4) is 0 Å². The summed E-state index contributed by atoms with van der Waals surface area (Å²) in [7, 11) is 3.29. The number of piperidine rings is 1. The Labute approximate surface area is 207 Å². The Hall–Kier alpha value is -1.91. The molecule has 192 valence electrons. The van der Waals surface area contributed by atoms with Crippen molar-refractivity contribution in [3.8, 4) is 0 Å². The van der Waals surface area contributed by atoms with Crippen molar-refractivity contribution in [3.05, 3.63) is 16.6 Å². The molecule has 1 aliphatic heterocycles. The van der Waals surface area contributed by atoms with Gasteiger partial charge in [0.25, 0.3) is 0 Å². The number of carbonyl (C=O) groups is 2. The molecule has 1 aromatic rings. The van der Waals surface area contributed by atoms with Crippen molar-refractivity contribution >= 4 is 23.5 Å². The normalized spacial score (nSPS) is 21.0. The second-order valence-electron chi connectivity index (χ2n) is 9.37. The van der Waals surface area contributed by atoms with Crippen molar-refractivity contribution in [2.24, 2.45) is 11.8 Å². The minimum Gasteiger partial charge on any atom is -0.453 e. The summed E-state index contributed by atoms with van der Waals surface area (Å²) in [5, 5.41) is 12.1. The molecule has 3 atom stereocenters. The SMILES string of the molecule is CNC[C@H](CC1CCCCC1)NC(=O)N1CCC[C@@H]([C@H](OCCNC(=O)OC)c2nccs2)C1. The van der Waals surface area contributed by atoms with Crippen LogP contribution in [0.4, 0.5) is 9.59 Å². The van der Waals surface area contributed by atoms with Gasteiger partial charge in [0.1, 0.15) is 11.1 Å². The van der Waals surface area contributed by atoms with Crippen LogP contribution in [0.2, 0.25) is 0 Å². The summed E-state index contributed by atoms with van der Waals surface area (Å²) >= 11 is 1.56. The topological polar surface area (TPSA) is 105 Å². The van der Waals surface area contributed by atoms with E-state index in [-0.39, 0.29) is 24.1 Å². The third-order valence-electron chi connectivity index (χ3n) is 6.84. The van der Waals surface area contributed by atoms with E-state index < -0.39 is 6.09 Å². The lowest BCUT2D eigenvalue weighted by Crippen LogP contribution is -2.52. The number of aromatic nitrogens is 1. The molecule has 0 aromatic carbocycles. The zero-order valence-corrected chi connectivity index (χ0v) is 21.4. The fourth-order valence-electron chi connectivity index (χ4n) is 5.17. The number of likely N-dealkylation sites (N-methyl/N-ethyl adjacent to an activating group) is 1. The van der Waals surface area contributed by atoms with Crippen LogP contribution in [0.25, 0.3) is 0 Å². The number of urea groups is 1. The number of ether oxygens (including phenoxy) is 2. The highest BCUT2D eigenvalue weighted by atomic mass is 32.1. The first-order valence-corrected chi connectivity index (χ1v) is 13.5. The van der Waals surface area contributed by atoms with E-state index in [4.69, 9.17) is 4.74 Å². The van der Waals surface area contributed by atoms with Gasteiger partial charge in [-0.15, -0.1) is 11.3 Å². The zero-order chi connectivity index (χ0) is 24.2. The molecule has 1 saturated carbocycles. The average Bonchev–Trinajstić information content (AvgIpc) is 3.39. The van der Waals surface area contributed by atoms with E-state index in [9.17, 15) is 9.59 Å². The first-order chi connectivity index (χ1) is 16.6. The van der Waals surface area contributed by atoms with Crippen molar-refractivity contribution in [2.75, 3.05) is 46.9 Å². The predicted molar refractivity (Wildman–Crippen MR) is 133 cm³/mol. The summed E-state index contributed by atoms with van der Waals surface area (Å²) in [6.07, 6.45) is 10.6. The van der Waals surface area contributed by atoms with Gasteiger partial charge in [0.2, 0.25) is 0 Å². The van der Waals surface area contributed by atoms with E-state index in [1.54, 1.807) is 17.5 Å². The van der Waals surface area contributed by atoms with Crippen molar-refractivity contribution in [2.45, 2.75) is 63.5 Å². The summed E-state index contributed by atoms with van der Waals surface area (Å²) in [4.78, 5) is 31.0. The zero-order valence-electron chi connectivity index (χ0n) is 20.6. The predicted octanol–water partition coefficient (Wildman–Crippen LogP) is 3.54. The second kappa shape index (κ2) is 14.5. The maximum Gasteiger partial charge on any atom is 0.406 e. The molecule has 3 amide bonds. The Bertz CT molecular complexity index is 729. The third kappa shape index (κ3) is 8.39. The molecular formula is C24H41N5O4S. The summed E-state index contributed by atoms with van der Waals surface area (Å²) < 4.78 is 10.8. The van der Waals surface area contributed by atoms with Gasteiger partial charge in [-0.3, -0.25) is 0 Å². The average molecular weight is 496 g/mol. The van der Waals surface area contributed by atoms with Gasteiger partial charge in [-0.05, 0) is 32.2 Å². The summed E-state index contributed by atoms with van der Waals surface area (Å²) in [6, 6.07) is 0.169. The van der Waals surface area contributed by atoms with E-state index in [1.807, 2.05) is 17.3 Å². The molecule has 10 heteroatoms. The van der Waals surface area contributed by atoms with E-state index in [0.29, 0.717) is 25.6 Å². The van der Waals surface area contributed by atoms with Gasteiger partial charge < -0.3 is 30.3 Å². The minimum atomic E-state index is -0.473. The standard InChI is InChI=1S/C24H41N5O4S/c1-25-16-20(15-18-7-4-3-5-8-18)28-23(30)29-12-6-9-19(17-29)21(22-26-11-14-34-22)33-13-10-27-24(31)32-2/h11,14,18-21,25H,3-10,12-13,15-17H2,1-2H3,(H,27,31)(H,28,30)/t19-,20+,21+/m1/s1. The number of methoxy groups -OCH3 is 1. The van der Waals surface area contributed by atoms with Crippen molar-refractivity contribution in [3.63, 3.8) is 0 Å². The van der Waals surface area contributed by atoms with E-state index in [1.165, 1.54) is 39.2 Å². The molecule has 9 nitrogen and oxygen atoms in total. The fraction of sp³-hybridized carbons (Fsp3) is 0.792. The molecule has 1 saturated heterocycles. The quantitative estimate of drug-likeness (QED) is 0.406. The first-order valence-electron chi connectivity index (χ1n) is 12.6. The molecule has 0 bridgehead atoms. The Kier molecular flexibility index (Phi) is 11.4. The molecule has 2 heterocycles. The number of alkyl carbamates (subject to hydrolysis) is 1. The largest absolute Gasteiger partial charge is 0.453 e. The first kappa shape index (κ1) is 26.7. The Morgan fingerprint density at radius 2 is 2.06 bits per heavy atom. The lowest BCUT2D eigenvalue weighted by molar-refractivity contribution is -0.00875. The number of hydrogen-bond donors (Lipinski definition) is 3. The molecule has 0 radical (unpaired) electrons. The van der Waals surface area contributed by atoms with Crippen LogP contribution in [0.1, 0.15) is 62.5 Å². The molecule has 2 aliphatic rings. The van der Waals surface area contributed by atoms with Gasteiger partial charge >= 0.3 is 12.1 Å². The monoisotopic (exact) mass is 495 g/mol. The highest BCUT2D eigenvalue weighted by molar-refractivity contribution is 7.09. The molecule has 0 unspecified atom stereocenters. The maximum atomic E-state index is 13.2. The summed E-state index contributed by atoms with van der Waals surface area (Å²) in [5.41, 5.74) is 0. The number of carbonyl (C=O) groups excluding carboxylic acids is 2. The van der Waals surface area contributed by atoms with Gasteiger partial charge in [-0.25, -0.2) is 14.6 Å². The van der Waals surface area contributed by atoms with E-state index >= 15 is 0 Å². The highest BCUT2D eigenvalue weighted by Gasteiger charge is 2.33. The van der Waals surface area contributed by atoms with Gasteiger partial charge in [0.15, 0.2) is 0 Å². The molecule has 3 N–H and O–H groups in total. The molecule has 2 fully saturated rings. The second-order valence-corrected chi connectivity index (χ2v) is 10.3. The number of likely N-dealkylation sites (tertiary alicyclic amines) is 1. The van der Waals surface area contributed by atoms with Crippen molar-refractivity contribution in [1.82, 2.24) is 25.8 Å². The Morgan fingerprint density at radius 3 is 2.76 bits per heavy atom. The number of rotatable bonds is 11. The van der Waals surface area contributed by atoms with Crippen molar-refractivity contribution in [1.29, 1.82) is 0 Å². The van der Waals surface area contributed by atoms with Gasteiger partial charge in [-0.1, -0.05) is 32.1 Å². The highest BCUT2D eigenvalue weighted by Crippen LogP contribution is 2.34. The molecule has 0 spiro atoms. The summed E-state index contributed by atoms with van der Waals surface area (Å²) in [6.45, 7) is 2.90. The number of hydrogen-bond acceptors (Lipinski definition) is 7. The van der Waals surface area contributed by atoms with Crippen LogP contribution >= 0.6 is 11.3 Å². The maximum absolute atomic E-state index is 13.2. The molecule has 1 aromatic heterocycles. The molecular weight excluding hydrogens is 454 g/mol. The van der Waals surface area contributed by atoms with Crippen LogP contribution in [-0.2, 0) is 9.47 Å². The number of nitrogens with one attached hydrogen (secondary N) is 3. The van der Waals surface area contributed by atoms with Crippen molar-refractivity contribution < 1.29 is 19.1 Å². The lowest BCUT2D eigenvalue weighted by Gasteiger charge is -2.37. The number of amides is 3. The van der Waals surface area contributed by atoms with Crippen LogP contribution in [-0.4, -0.2) is 75.0 Å². The molecule has 1 aliphatic carbocycles.